The van der Waals surface area contributed by atoms with Gasteiger partial charge in [-0.2, -0.15) is 0 Å². The average Bonchev–Trinajstić information content (AvgIpc) is 3.44. The first-order valence-corrected chi connectivity index (χ1v) is 10.5. The first-order valence-electron chi connectivity index (χ1n) is 10.5. The van der Waals surface area contributed by atoms with Crippen molar-refractivity contribution in [2.75, 3.05) is 0 Å². The minimum atomic E-state index is -0.177. The van der Waals surface area contributed by atoms with Crippen LogP contribution in [0.4, 0.5) is 0 Å². The summed E-state index contributed by atoms with van der Waals surface area (Å²) in [4.78, 5) is 0. The van der Waals surface area contributed by atoms with Crippen LogP contribution in [0.3, 0.4) is 0 Å². The lowest BCUT2D eigenvalue weighted by atomic mass is 9.88. The molecule has 0 radical (unpaired) electrons. The van der Waals surface area contributed by atoms with Crippen molar-refractivity contribution in [1.82, 2.24) is 0 Å². The SMILES string of the molecule is CCC1(OC2=C(C)CC=CC=C2)CC1C(CC)(CC)Oc1ccccc1C. The van der Waals surface area contributed by atoms with Crippen LogP contribution in [-0.4, -0.2) is 11.2 Å². The van der Waals surface area contributed by atoms with E-state index in [1.165, 1.54) is 11.1 Å². The molecule has 2 unspecified atom stereocenters. The molecule has 1 aromatic carbocycles. The summed E-state index contributed by atoms with van der Waals surface area (Å²) in [5.74, 6) is 2.46. The Morgan fingerprint density at radius 1 is 1.07 bits per heavy atom. The summed E-state index contributed by atoms with van der Waals surface area (Å²) in [7, 11) is 0. The Morgan fingerprint density at radius 3 is 2.48 bits per heavy atom. The molecule has 2 aliphatic carbocycles. The van der Waals surface area contributed by atoms with Gasteiger partial charge >= 0.3 is 0 Å². The van der Waals surface area contributed by atoms with Crippen molar-refractivity contribution >= 4 is 0 Å². The van der Waals surface area contributed by atoms with Crippen molar-refractivity contribution in [2.24, 2.45) is 5.92 Å². The Hall–Kier alpha value is -1.96. The van der Waals surface area contributed by atoms with Gasteiger partial charge < -0.3 is 9.47 Å². The molecule has 0 bridgehead atoms. The smallest absolute Gasteiger partial charge is 0.123 e. The number of benzene rings is 1. The third kappa shape index (κ3) is 3.85. The standard InChI is InChI=1S/C25H34O2/c1-6-24(7-2,26-21-17-13-12-15-20(21)5)23-18-25(23,8-3)27-22-16-11-9-10-14-19(22)4/h9-13,15-17,23H,6-8,14,18H2,1-5H3. The molecule has 2 nitrogen and oxygen atoms in total. The third-order valence-corrected chi connectivity index (χ3v) is 6.51. The molecular formula is C25H34O2. The summed E-state index contributed by atoms with van der Waals surface area (Å²) in [6, 6.07) is 8.35. The largest absolute Gasteiger partial charge is 0.487 e. The summed E-state index contributed by atoms with van der Waals surface area (Å²) >= 11 is 0. The minimum absolute atomic E-state index is 0.111. The van der Waals surface area contributed by atoms with Gasteiger partial charge in [-0.3, -0.25) is 0 Å². The number of ether oxygens (including phenoxy) is 2. The highest BCUT2D eigenvalue weighted by Gasteiger charge is 2.65. The van der Waals surface area contributed by atoms with Crippen LogP contribution in [0.25, 0.3) is 0 Å². The van der Waals surface area contributed by atoms with E-state index in [2.05, 4.69) is 83.2 Å². The van der Waals surface area contributed by atoms with Crippen LogP contribution < -0.4 is 4.74 Å². The molecule has 0 N–H and O–H groups in total. The van der Waals surface area contributed by atoms with E-state index in [1.54, 1.807) is 0 Å². The van der Waals surface area contributed by atoms with Gasteiger partial charge in [-0.25, -0.2) is 0 Å². The molecule has 0 aliphatic heterocycles. The van der Waals surface area contributed by atoms with Crippen molar-refractivity contribution in [3.63, 3.8) is 0 Å². The van der Waals surface area contributed by atoms with E-state index in [9.17, 15) is 0 Å². The van der Waals surface area contributed by atoms with Gasteiger partial charge in [0.15, 0.2) is 0 Å². The van der Waals surface area contributed by atoms with Crippen LogP contribution in [0, 0.1) is 12.8 Å². The predicted molar refractivity (Wildman–Crippen MR) is 113 cm³/mol. The van der Waals surface area contributed by atoms with Gasteiger partial charge in [-0.15, -0.1) is 0 Å². The number of para-hydroxylation sites is 1. The van der Waals surface area contributed by atoms with E-state index < -0.39 is 0 Å². The van der Waals surface area contributed by atoms with Crippen LogP contribution in [0.15, 0.2) is 59.9 Å². The highest BCUT2D eigenvalue weighted by Crippen LogP contribution is 2.59. The van der Waals surface area contributed by atoms with Crippen molar-refractivity contribution in [3.05, 3.63) is 65.5 Å². The first kappa shape index (κ1) is 19.8. The molecule has 1 aromatic rings. The highest BCUT2D eigenvalue weighted by molar-refractivity contribution is 5.34. The van der Waals surface area contributed by atoms with Crippen molar-refractivity contribution in [2.45, 2.75) is 77.9 Å². The average molecular weight is 367 g/mol. The summed E-state index contributed by atoms with van der Waals surface area (Å²) in [5.41, 5.74) is 2.21. The lowest BCUT2D eigenvalue weighted by Crippen LogP contribution is -2.41. The van der Waals surface area contributed by atoms with E-state index in [1.807, 2.05) is 0 Å². The van der Waals surface area contributed by atoms with Crippen LogP contribution in [-0.2, 0) is 4.74 Å². The van der Waals surface area contributed by atoms with E-state index >= 15 is 0 Å². The fourth-order valence-corrected chi connectivity index (χ4v) is 4.43. The summed E-state index contributed by atoms with van der Waals surface area (Å²) in [6.07, 6.45) is 13.5. The Balaban J connectivity index is 1.85. The van der Waals surface area contributed by atoms with Gasteiger partial charge in [0, 0.05) is 5.92 Å². The summed E-state index contributed by atoms with van der Waals surface area (Å²) in [5, 5.41) is 0. The van der Waals surface area contributed by atoms with Gasteiger partial charge in [0.1, 0.15) is 22.7 Å². The molecular weight excluding hydrogens is 332 g/mol. The second-order valence-electron chi connectivity index (χ2n) is 8.05. The molecule has 27 heavy (non-hydrogen) atoms. The van der Waals surface area contributed by atoms with Crippen molar-refractivity contribution in [1.29, 1.82) is 0 Å². The molecule has 0 heterocycles. The molecule has 1 saturated carbocycles. The molecule has 0 saturated heterocycles. The Bertz CT molecular complexity index is 751. The lowest BCUT2D eigenvalue weighted by molar-refractivity contribution is -0.0142. The van der Waals surface area contributed by atoms with Crippen LogP contribution in [0.1, 0.15) is 65.4 Å². The minimum Gasteiger partial charge on any atom is -0.487 e. The second kappa shape index (κ2) is 7.96. The van der Waals surface area contributed by atoms with Crippen LogP contribution >= 0.6 is 0 Å². The van der Waals surface area contributed by atoms with E-state index in [-0.39, 0.29) is 11.2 Å². The predicted octanol–water partition coefficient (Wildman–Crippen LogP) is 6.91. The lowest BCUT2D eigenvalue weighted by Gasteiger charge is -2.36. The number of aryl methyl sites for hydroxylation is 1. The Morgan fingerprint density at radius 2 is 1.81 bits per heavy atom. The molecule has 146 valence electrons. The fraction of sp³-hybridized carbons (Fsp3) is 0.520. The van der Waals surface area contributed by atoms with Gasteiger partial charge in [-0.1, -0.05) is 57.2 Å². The molecule has 2 atom stereocenters. The van der Waals surface area contributed by atoms with E-state index in [4.69, 9.17) is 9.47 Å². The van der Waals surface area contributed by atoms with Crippen LogP contribution in [0.2, 0.25) is 0 Å². The maximum absolute atomic E-state index is 6.73. The maximum atomic E-state index is 6.73. The Labute approximate surface area is 165 Å². The zero-order valence-electron chi connectivity index (χ0n) is 17.5. The molecule has 3 rings (SSSR count). The van der Waals surface area contributed by atoms with Gasteiger partial charge in [-0.05, 0) is 69.2 Å². The Kier molecular flexibility index (Phi) is 5.83. The third-order valence-electron chi connectivity index (χ3n) is 6.51. The number of allylic oxidation sites excluding steroid dienone is 5. The van der Waals surface area contributed by atoms with E-state index in [0.29, 0.717) is 5.92 Å². The molecule has 0 spiro atoms. The number of hydrogen-bond acceptors (Lipinski definition) is 2. The van der Waals surface area contributed by atoms with Gasteiger partial charge in [0.25, 0.3) is 0 Å². The highest BCUT2D eigenvalue weighted by atomic mass is 16.5. The zero-order chi connectivity index (χ0) is 19.5. The number of rotatable bonds is 8. The maximum Gasteiger partial charge on any atom is 0.123 e. The number of hydrogen-bond donors (Lipinski definition) is 0. The van der Waals surface area contributed by atoms with Gasteiger partial charge in [0.05, 0.1) is 0 Å². The quantitative estimate of drug-likeness (QED) is 0.498. The summed E-state index contributed by atoms with van der Waals surface area (Å²) < 4.78 is 13.4. The van der Waals surface area contributed by atoms with Crippen molar-refractivity contribution < 1.29 is 9.47 Å². The van der Waals surface area contributed by atoms with Gasteiger partial charge in [0.2, 0.25) is 0 Å². The molecule has 0 amide bonds. The molecule has 2 heteroatoms. The molecule has 2 aliphatic rings. The van der Waals surface area contributed by atoms with Crippen LogP contribution in [0.5, 0.6) is 5.75 Å². The monoisotopic (exact) mass is 366 g/mol. The summed E-state index contributed by atoms with van der Waals surface area (Å²) in [6.45, 7) is 11.0. The normalized spacial score (nSPS) is 24.7. The second-order valence-corrected chi connectivity index (χ2v) is 8.05. The fourth-order valence-electron chi connectivity index (χ4n) is 4.43. The first-order chi connectivity index (χ1) is 13.0. The van der Waals surface area contributed by atoms with Crippen molar-refractivity contribution in [3.8, 4) is 5.75 Å². The topological polar surface area (TPSA) is 18.5 Å². The zero-order valence-corrected chi connectivity index (χ0v) is 17.5. The molecule has 0 aromatic heterocycles. The van der Waals surface area contributed by atoms with E-state index in [0.717, 1.165) is 43.6 Å². The molecule has 1 fully saturated rings.